The van der Waals surface area contributed by atoms with Gasteiger partial charge in [0.25, 0.3) is 0 Å². The van der Waals surface area contributed by atoms with Crippen molar-refractivity contribution in [3.63, 3.8) is 0 Å². The Balaban J connectivity index is 2.02. The summed E-state index contributed by atoms with van der Waals surface area (Å²) in [4.78, 5) is 5.88. The average Bonchev–Trinajstić information content (AvgIpc) is 2.84. The molecule has 3 heteroatoms. The number of fused-ring (bicyclic) bond motifs is 3. The fourth-order valence-corrected chi connectivity index (χ4v) is 4.05. The van der Waals surface area contributed by atoms with Crippen LogP contribution in [0.2, 0.25) is 0 Å². The quantitative estimate of drug-likeness (QED) is 0.726. The minimum Gasteiger partial charge on any atom is -0.390 e. The van der Waals surface area contributed by atoms with Crippen molar-refractivity contribution in [2.24, 2.45) is 0 Å². The van der Waals surface area contributed by atoms with Gasteiger partial charge >= 0.3 is 0 Å². The molecule has 0 aliphatic heterocycles. The smallest absolute Gasteiger partial charge is 0.0961 e. The van der Waals surface area contributed by atoms with Gasteiger partial charge in [0.1, 0.15) is 0 Å². The van der Waals surface area contributed by atoms with Gasteiger partial charge in [0.2, 0.25) is 0 Å². The molecule has 98 valence electrons. The summed E-state index contributed by atoms with van der Waals surface area (Å²) in [6, 6.07) is 14.6. The van der Waals surface area contributed by atoms with Crippen LogP contribution in [0.3, 0.4) is 0 Å². The lowest BCUT2D eigenvalue weighted by molar-refractivity contribution is 0.964. The van der Waals surface area contributed by atoms with E-state index in [-0.39, 0.29) is 0 Å². The van der Waals surface area contributed by atoms with Crippen molar-refractivity contribution in [2.45, 2.75) is 12.8 Å². The van der Waals surface area contributed by atoms with Crippen LogP contribution in [-0.4, -0.2) is 4.98 Å². The summed E-state index contributed by atoms with van der Waals surface area (Å²) >= 11 is 1.71. The zero-order valence-corrected chi connectivity index (χ0v) is 11.8. The molecule has 2 aromatic heterocycles. The maximum Gasteiger partial charge on any atom is 0.0961 e. The van der Waals surface area contributed by atoms with E-state index in [1.54, 1.807) is 11.3 Å². The molecular weight excluding hydrogens is 264 g/mol. The van der Waals surface area contributed by atoms with Crippen LogP contribution in [0.4, 0.5) is 5.00 Å². The molecule has 2 heterocycles. The Kier molecular flexibility index (Phi) is 2.60. The van der Waals surface area contributed by atoms with E-state index in [2.05, 4.69) is 29.2 Å². The third kappa shape index (κ3) is 1.67. The first-order valence-electron chi connectivity index (χ1n) is 6.75. The molecule has 1 aromatic carbocycles. The van der Waals surface area contributed by atoms with Gasteiger partial charge in [-0.3, -0.25) is 4.98 Å². The predicted octanol–water partition coefficient (Wildman–Crippen LogP) is 4.16. The topological polar surface area (TPSA) is 38.9 Å². The molecule has 0 atom stereocenters. The lowest BCUT2D eigenvalue weighted by Crippen LogP contribution is -2.01. The van der Waals surface area contributed by atoms with E-state index in [1.807, 2.05) is 24.4 Å². The Labute approximate surface area is 121 Å². The highest BCUT2D eigenvalue weighted by Crippen LogP contribution is 2.47. The SMILES string of the molecule is Nc1sc2c(c1-c1ccccn1)-c1ccccc1CC2. The summed E-state index contributed by atoms with van der Waals surface area (Å²) in [6.45, 7) is 0. The third-order valence-electron chi connectivity index (χ3n) is 3.84. The zero-order chi connectivity index (χ0) is 13.5. The monoisotopic (exact) mass is 278 g/mol. The number of nitrogen functional groups attached to an aromatic ring is 1. The molecule has 1 aliphatic carbocycles. The van der Waals surface area contributed by atoms with Crippen molar-refractivity contribution in [2.75, 3.05) is 5.73 Å². The van der Waals surface area contributed by atoms with Crippen LogP contribution in [0.25, 0.3) is 22.4 Å². The van der Waals surface area contributed by atoms with Gasteiger partial charge in [-0.05, 0) is 36.1 Å². The molecule has 0 bridgehead atoms. The van der Waals surface area contributed by atoms with Gasteiger partial charge in [0, 0.05) is 22.2 Å². The van der Waals surface area contributed by atoms with Crippen LogP contribution in [0, 0.1) is 0 Å². The van der Waals surface area contributed by atoms with Crippen molar-refractivity contribution in [1.82, 2.24) is 4.98 Å². The van der Waals surface area contributed by atoms with Crippen LogP contribution in [-0.2, 0) is 12.8 Å². The Bertz CT molecular complexity index is 775. The molecule has 2 N–H and O–H groups in total. The molecule has 1 aliphatic rings. The number of pyridine rings is 1. The standard InChI is InChI=1S/C17H14N2S/c18-17-16(13-7-3-4-10-19-13)15-12-6-2-1-5-11(12)8-9-14(15)20-17/h1-7,10H,8-9,18H2. The highest BCUT2D eigenvalue weighted by atomic mass is 32.1. The fraction of sp³-hybridized carbons (Fsp3) is 0.118. The number of aromatic nitrogens is 1. The van der Waals surface area contributed by atoms with E-state index in [0.717, 1.165) is 29.1 Å². The molecule has 2 nitrogen and oxygen atoms in total. The van der Waals surface area contributed by atoms with Gasteiger partial charge in [0.05, 0.1) is 10.7 Å². The molecular formula is C17H14N2S. The highest BCUT2D eigenvalue weighted by molar-refractivity contribution is 7.17. The van der Waals surface area contributed by atoms with Crippen molar-refractivity contribution in [3.8, 4) is 22.4 Å². The molecule has 3 aromatic rings. The Hall–Kier alpha value is -2.13. The van der Waals surface area contributed by atoms with Gasteiger partial charge < -0.3 is 5.73 Å². The zero-order valence-electron chi connectivity index (χ0n) is 11.0. The van der Waals surface area contributed by atoms with Gasteiger partial charge in [0.15, 0.2) is 0 Å². The lowest BCUT2D eigenvalue weighted by Gasteiger charge is -2.17. The normalized spacial score (nSPS) is 12.8. The number of anilines is 1. The van der Waals surface area contributed by atoms with E-state index >= 15 is 0 Å². The first-order valence-corrected chi connectivity index (χ1v) is 7.57. The van der Waals surface area contributed by atoms with E-state index in [1.165, 1.54) is 21.6 Å². The van der Waals surface area contributed by atoms with Crippen molar-refractivity contribution in [3.05, 3.63) is 59.1 Å². The fourth-order valence-electron chi connectivity index (χ4n) is 2.95. The maximum atomic E-state index is 6.29. The average molecular weight is 278 g/mol. The number of nitrogens with two attached hydrogens (primary N) is 1. The number of aryl methyl sites for hydroxylation is 2. The van der Waals surface area contributed by atoms with Crippen LogP contribution < -0.4 is 5.73 Å². The first-order chi connectivity index (χ1) is 9.84. The van der Waals surface area contributed by atoms with Crippen LogP contribution in [0.5, 0.6) is 0 Å². The molecule has 0 radical (unpaired) electrons. The highest BCUT2D eigenvalue weighted by Gasteiger charge is 2.24. The summed E-state index contributed by atoms with van der Waals surface area (Å²) in [5.41, 5.74) is 12.4. The van der Waals surface area contributed by atoms with Gasteiger partial charge in [-0.2, -0.15) is 0 Å². The molecule has 0 spiro atoms. The largest absolute Gasteiger partial charge is 0.390 e. The van der Waals surface area contributed by atoms with E-state index in [4.69, 9.17) is 5.73 Å². The molecule has 0 saturated carbocycles. The summed E-state index contributed by atoms with van der Waals surface area (Å²) < 4.78 is 0. The maximum absolute atomic E-state index is 6.29. The molecule has 4 rings (SSSR count). The van der Waals surface area contributed by atoms with E-state index < -0.39 is 0 Å². The summed E-state index contributed by atoms with van der Waals surface area (Å²) in [7, 11) is 0. The molecule has 0 unspecified atom stereocenters. The van der Waals surface area contributed by atoms with Crippen LogP contribution in [0.1, 0.15) is 10.4 Å². The van der Waals surface area contributed by atoms with E-state index in [0.29, 0.717) is 0 Å². The van der Waals surface area contributed by atoms with Crippen LogP contribution >= 0.6 is 11.3 Å². The number of nitrogens with zero attached hydrogens (tertiary/aromatic N) is 1. The predicted molar refractivity (Wildman–Crippen MR) is 84.8 cm³/mol. The molecule has 0 fully saturated rings. The van der Waals surface area contributed by atoms with Crippen molar-refractivity contribution < 1.29 is 0 Å². The number of benzene rings is 1. The minimum absolute atomic E-state index is 0.880. The van der Waals surface area contributed by atoms with Crippen LogP contribution in [0.15, 0.2) is 48.7 Å². The second-order valence-electron chi connectivity index (χ2n) is 5.01. The Morgan fingerprint density at radius 1 is 0.950 bits per heavy atom. The van der Waals surface area contributed by atoms with E-state index in [9.17, 15) is 0 Å². The molecule has 0 amide bonds. The number of hydrogen-bond acceptors (Lipinski definition) is 3. The Morgan fingerprint density at radius 3 is 2.65 bits per heavy atom. The van der Waals surface area contributed by atoms with Gasteiger partial charge in [-0.15, -0.1) is 11.3 Å². The second-order valence-corrected chi connectivity index (χ2v) is 6.15. The minimum atomic E-state index is 0.880. The Morgan fingerprint density at radius 2 is 1.80 bits per heavy atom. The number of thiophene rings is 1. The van der Waals surface area contributed by atoms with Gasteiger partial charge in [-0.1, -0.05) is 30.3 Å². The molecule has 20 heavy (non-hydrogen) atoms. The molecule has 0 saturated heterocycles. The number of rotatable bonds is 1. The third-order valence-corrected chi connectivity index (χ3v) is 4.92. The summed E-state index contributed by atoms with van der Waals surface area (Å²) in [6.07, 6.45) is 4.01. The second kappa shape index (κ2) is 4.46. The first kappa shape index (κ1) is 11.7. The summed E-state index contributed by atoms with van der Waals surface area (Å²) in [5, 5.41) is 0.880. The van der Waals surface area contributed by atoms with Crippen molar-refractivity contribution in [1.29, 1.82) is 0 Å². The van der Waals surface area contributed by atoms with Crippen molar-refractivity contribution >= 4 is 16.3 Å². The number of hydrogen-bond donors (Lipinski definition) is 1. The lowest BCUT2D eigenvalue weighted by atomic mass is 9.87. The summed E-state index contributed by atoms with van der Waals surface area (Å²) in [5.74, 6) is 0. The van der Waals surface area contributed by atoms with Gasteiger partial charge in [-0.25, -0.2) is 0 Å².